The fourth-order valence-electron chi connectivity index (χ4n) is 4.62. The highest BCUT2D eigenvalue weighted by atomic mass is 35.5. The Morgan fingerprint density at radius 3 is 2.38 bits per heavy atom. The minimum absolute atomic E-state index is 0.0738. The van der Waals surface area contributed by atoms with E-state index in [-0.39, 0.29) is 24.1 Å². The van der Waals surface area contributed by atoms with Gasteiger partial charge >= 0.3 is 0 Å². The minimum Gasteiger partial charge on any atom is -0.492 e. The molecule has 2 N–H and O–H groups in total. The van der Waals surface area contributed by atoms with E-state index in [1.54, 1.807) is 12.1 Å². The van der Waals surface area contributed by atoms with Crippen LogP contribution in [0.4, 0.5) is 6.01 Å². The molecule has 0 saturated carbocycles. The second kappa shape index (κ2) is 12.8. The molecule has 0 atom stereocenters. The largest absolute Gasteiger partial charge is 0.492 e. The van der Waals surface area contributed by atoms with E-state index in [9.17, 15) is 4.79 Å². The predicted octanol–water partition coefficient (Wildman–Crippen LogP) is 5.33. The number of anilines is 1. The monoisotopic (exact) mass is 558 g/mol. The van der Waals surface area contributed by atoms with E-state index < -0.39 is 0 Å². The number of nitrogens with one attached hydrogen (secondary N) is 2. The van der Waals surface area contributed by atoms with Crippen LogP contribution in [0.2, 0.25) is 5.02 Å². The topological polar surface area (TPSA) is 98.1 Å². The lowest BCUT2D eigenvalue weighted by atomic mass is 10.0. The summed E-state index contributed by atoms with van der Waals surface area (Å²) in [6, 6.07) is 10.1. The lowest BCUT2D eigenvalue weighted by Gasteiger charge is -2.33. The standard InChI is InChI=1S/C29H39ClN4O5/c1-6-36-24-14-19(15-25(27(24)30)37-7-2)17-34(20-10-12-31-13-11-20)28-32-22-16-21(8-9-23(22)39-28)38-18-26(35)33-29(3,4)5/h8-9,14-16,20,31H,6-7,10-13,17-18H2,1-5H3,(H,33,35). The molecule has 0 spiro atoms. The summed E-state index contributed by atoms with van der Waals surface area (Å²) in [6.45, 7) is 13.0. The van der Waals surface area contributed by atoms with E-state index in [1.165, 1.54) is 0 Å². The van der Waals surface area contributed by atoms with Crippen molar-refractivity contribution in [2.45, 2.75) is 65.6 Å². The van der Waals surface area contributed by atoms with Crippen molar-refractivity contribution in [1.82, 2.24) is 15.6 Å². The molecule has 1 aliphatic heterocycles. The zero-order valence-electron chi connectivity index (χ0n) is 23.4. The number of nitrogens with zero attached hydrogens (tertiary/aromatic N) is 2. The average molecular weight is 559 g/mol. The third kappa shape index (κ3) is 7.70. The molecule has 10 heteroatoms. The molecule has 1 amide bonds. The fraction of sp³-hybridized carbons (Fsp3) is 0.517. The molecule has 2 aromatic carbocycles. The van der Waals surface area contributed by atoms with Crippen LogP contribution in [0.15, 0.2) is 34.7 Å². The van der Waals surface area contributed by atoms with Crippen molar-refractivity contribution >= 4 is 34.6 Å². The molecular weight excluding hydrogens is 520 g/mol. The van der Waals surface area contributed by atoms with Crippen LogP contribution in [0.1, 0.15) is 53.0 Å². The maximum Gasteiger partial charge on any atom is 0.298 e. The molecule has 0 bridgehead atoms. The number of amides is 1. The van der Waals surface area contributed by atoms with E-state index in [2.05, 4.69) is 15.5 Å². The maximum atomic E-state index is 12.2. The number of benzene rings is 2. The Morgan fingerprint density at radius 2 is 1.77 bits per heavy atom. The van der Waals surface area contributed by atoms with Gasteiger partial charge in [-0.3, -0.25) is 4.79 Å². The Hall–Kier alpha value is -3.17. The average Bonchev–Trinajstić information content (AvgIpc) is 3.31. The van der Waals surface area contributed by atoms with Crippen LogP contribution in [0.3, 0.4) is 0 Å². The molecule has 2 heterocycles. The van der Waals surface area contributed by atoms with Crippen molar-refractivity contribution in [2.24, 2.45) is 0 Å². The zero-order chi connectivity index (χ0) is 28.0. The van der Waals surface area contributed by atoms with Gasteiger partial charge in [-0.05, 0) is 90.4 Å². The third-order valence-corrected chi connectivity index (χ3v) is 6.62. The minimum atomic E-state index is -0.319. The van der Waals surface area contributed by atoms with Gasteiger partial charge in [-0.2, -0.15) is 4.98 Å². The smallest absolute Gasteiger partial charge is 0.298 e. The number of fused-ring (bicyclic) bond motifs is 1. The Labute approximate surface area is 235 Å². The third-order valence-electron chi connectivity index (χ3n) is 6.25. The number of halogens is 1. The van der Waals surface area contributed by atoms with E-state index in [1.807, 2.05) is 52.8 Å². The second-order valence-corrected chi connectivity index (χ2v) is 11.0. The van der Waals surface area contributed by atoms with Crippen LogP contribution in [0.5, 0.6) is 17.2 Å². The molecule has 1 aliphatic rings. The summed E-state index contributed by atoms with van der Waals surface area (Å²) < 4.78 is 23.6. The summed E-state index contributed by atoms with van der Waals surface area (Å²) in [7, 11) is 0. The molecule has 0 radical (unpaired) electrons. The van der Waals surface area contributed by atoms with Gasteiger partial charge in [-0.1, -0.05) is 11.6 Å². The lowest BCUT2D eigenvalue weighted by Crippen LogP contribution is -2.43. The summed E-state index contributed by atoms with van der Waals surface area (Å²) in [5, 5.41) is 6.80. The van der Waals surface area contributed by atoms with Crippen molar-refractivity contribution < 1.29 is 23.4 Å². The van der Waals surface area contributed by atoms with Crippen LogP contribution in [0, 0.1) is 0 Å². The predicted molar refractivity (Wildman–Crippen MR) is 153 cm³/mol. The number of hydrogen-bond donors (Lipinski definition) is 2. The van der Waals surface area contributed by atoms with Crippen LogP contribution in [-0.2, 0) is 11.3 Å². The SMILES string of the molecule is CCOc1cc(CN(c2nc3cc(OCC(=O)NC(C)(C)C)ccc3o2)C2CCNCC2)cc(OCC)c1Cl. The molecule has 1 saturated heterocycles. The summed E-state index contributed by atoms with van der Waals surface area (Å²) >= 11 is 6.55. The second-order valence-electron chi connectivity index (χ2n) is 10.6. The van der Waals surface area contributed by atoms with Crippen LogP contribution in [0.25, 0.3) is 11.1 Å². The van der Waals surface area contributed by atoms with Gasteiger partial charge in [0.15, 0.2) is 12.2 Å². The lowest BCUT2D eigenvalue weighted by molar-refractivity contribution is -0.124. The number of carbonyl (C=O) groups is 1. The van der Waals surface area contributed by atoms with E-state index in [4.69, 9.17) is 35.2 Å². The van der Waals surface area contributed by atoms with E-state index in [0.717, 1.165) is 31.5 Å². The Kier molecular flexibility index (Phi) is 9.45. The zero-order valence-corrected chi connectivity index (χ0v) is 24.2. The van der Waals surface area contributed by atoms with Gasteiger partial charge in [0, 0.05) is 24.2 Å². The molecule has 0 unspecified atom stereocenters. The normalized spacial score (nSPS) is 14.3. The van der Waals surface area contributed by atoms with Crippen molar-refractivity contribution in [3.63, 3.8) is 0 Å². The Morgan fingerprint density at radius 1 is 1.10 bits per heavy atom. The van der Waals surface area contributed by atoms with Crippen molar-refractivity contribution in [3.05, 3.63) is 40.9 Å². The van der Waals surface area contributed by atoms with Gasteiger partial charge in [0.05, 0.1) is 13.2 Å². The molecule has 0 aliphatic carbocycles. The number of carbonyl (C=O) groups excluding carboxylic acids is 1. The number of oxazole rings is 1. The van der Waals surface area contributed by atoms with Crippen molar-refractivity contribution in [3.8, 4) is 17.2 Å². The molecule has 1 aromatic heterocycles. The first-order chi connectivity index (χ1) is 18.7. The number of hydrogen-bond acceptors (Lipinski definition) is 8. The van der Waals surface area contributed by atoms with E-state index in [0.29, 0.717) is 59.1 Å². The highest BCUT2D eigenvalue weighted by Crippen LogP contribution is 2.37. The molecule has 3 aromatic rings. The Bertz CT molecular complexity index is 1240. The van der Waals surface area contributed by atoms with E-state index >= 15 is 0 Å². The molecule has 4 rings (SSSR count). The fourth-order valence-corrected chi connectivity index (χ4v) is 4.84. The molecule has 212 valence electrons. The van der Waals surface area contributed by atoms with Gasteiger partial charge < -0.3 is 34.2 Å². The van der Waals surface area contributed by atoms with Gasteiger partial charge in [0.2, 0.25) is 0 Å². The summed E-state index contributed by atoms with van der Waals surface area (Å²) in [5.74, 6) is 1.57. The van der Waals surface area contributed by atoms with Gasteiger partial charge in [-0.15, -0.1) is 0 Å². The molecule has 39 heavy (non-hydrogen) atoms. The van der Waals surface area contributed by atoms with Crippen LogP contribution in [-0.4, -0.2) is 55.4 Å². The number of ether oxygens (including phenoxy) is 3. The molecular formula is C29H39ClN4O5. The van der Waals surface area contributed by atoms with Gasteiger partial charge in [0.25, 0.3) is 11.9 Å². The summed E-state index contributed by atoms with van der Waals surface area (Å²) in [5.41, 5.74) is 1.98. The quantitative estimate of drug-likeness (QED) is 0.326. The van der Waals surface area contributed by atoms with Crippen LogP contribution >= 0.6 is 11.6 Å². The number of piperidine rings is 1. The van der Waals surface area contributed by atoms with Crippen LogP contribution < -0.4 is 29.7 Å². The van der Waals surface area contributed by atoms with Gasteiger partial charge in [-0.25, -0.2) is 0 Å². The highest BCUT2D eigenvalue weighted by molar-refractivity contribution is 6.33. The first-order valence-electron chi connectivity index (χ1n) is 13.6. The maximum absolute atomic E-state index is 12.2. The Balaban J connectivity index is 1.60. The van der Waals surface area contributed by atoms with Crippen molar-refractivity contribution in [2.75, 3.05) is 37.8 Å². The number of rotatable bonds is 11. The molecule has 9 nitrogen and oxygen atoms in total. The number of aromatic nitrogens is 1. The molecule has 1 fully saturated rings. The highest BCUT2D eigenvalue weighted by Gasteiger charge is 2.27. The first kappa shape index (κ1) is 28.8. The summed E-state index contributed by atoms with van der Waals surface area (Å²) in [4.78, 5) is 19.2. The van der Waals surface area contributed by atoms with Gasteiger partial charge in [0.1, 0.15) is 27.8 Å². The van der Waals surface area contributed by atoms with Crippen molar-refractivity contribution in [1.29, 1.82) is 0 Å². The first-order valence-corrected chi connectivity index (χ1v) is 13.9. The summed E-state index contributed by atoms with van der Waals surface area (Å²) in [6.07, 6.45) is 1.92.